The fraction of sp³-hybridized carbons (Fsp3) is 0.0714. The average molecular weight is 319 g/mol. The van der Waals surface area contributed by atoms with Crippen LogP contribution in [-0.2, 0) is 9.53 Å². The van der Waals surface area contributed by atoms with Gasteiger partial charge in [-0.2, -0.15) is 0 Å². The number of esters is 1. The number of non-ortho nitro benzene ring substituents is 1. The molecule has 0 aliphatic heterocycles. The number of nitro groups is 1. The van der Waals surface area contributed by atoms with E-state index in [9.17, 15) is 24.1 Å². The molecular weight excluding hydrogens is 309 g/mol. The number of carbonyl (C=O) groups excluding carboxylic acids is 2. The standard InChI is InChI=1S/C14H10FN3O5/c15-11-4-3-10(18(21)22)6-12(11)17-13(19)8-23-14(20)9-2-1-5-16-7-9/h1-7H,8H2,(H,17,19). The number of hydrogen-bond acceptors (Lipinski definition) is 6. The smallest absolute Gasteiger partial charge is 0.340 e. The number of pyridine rings is 1. The predicted octanol–water partition coefficient (Wildman–Crippen LogP) is 1.92. The van der Waals surface area contributed by atoms with Gasteiger partial charge in [-0.3, -0.25) is 19.9 Å². The van der Waals surface area contributed by atoms with E-state index in [1.54, 1.807) is 0 Å². The molecule has 8 nitrogen and oxygen atoms in total. The first kappa shape index (κ1) is 16.0. The number of benzene rings is 1. The number of aromatic nitrogens is 1. The number of amides is 1. The van der Waals surface area contributed by atoms with Crippen molar-refractivity contribution in [3.05, 3.63) is 64.2 Å². The Balaban J connectivity index is 1.96. The largest absolute Gasteiger partial charge is 0.452 e. The van der Waals surface area contributed by atoms with Crippen LogP contribution in [0.2, 0.25) is 0 Å². The highest BCUT2D eigenvalue weighted by Gasteiger charge is 2.15. The van der Waals surface area contributed by atoms with Crippen LogP contribution < -0.4 is 5.32 Å². The number of anilines is 1. The van der Waals surface area contributed by atoms with Gasteiger partial charge in [0, 0.05) is 24.5 Å². The Bertz CT molecular complexity index is 751. The predicted molar refractivity (Wildman–Crippen MR) is 76.2 cm³/mol. The monoisotopic (exact) mass is 319 g/mol. The van der Waals surface area contributed by atoms with E-state index in [1.807, 2.05) is 0 Å². The minimum absolute atomic E-state index is 0.154. The lowest BCUT2D eigenvalue weighted by Crippen LogP contribution is -2.21. The van der Waals surface area contributed by atoms with Crippen LogP contribution in [0.25, 0.3) is 0 Å². The van der Waals surface area contributed by atoms with Crippen LogP contribution >= 0.6 is 0 Å². The average Bonchev–Trinajstić information content (AvgIpc) is 2.55. The summed E-state index contributed by atoms with van der Waals surface area (Å²) < 4.78 is 18.2. The molecule has 2 rings (SSSR count). The molecule has 0 aliphatic carbocycles. The molecule has 9 heteroatoms. The second-order valence-corrected chi connectivity index (χ2v) is 4.29. The number of nitrogens with zero attached hydrogens (tertiary/aromatic N) is 2. The van der Waals surface area contributed by atoms with E-state index >= 15 is 0 Å². The molecule has 23 heavy (non-hydrogen) atoms. The minimum Gasteiger partial charge on any atom is -0.452 e. The van der Waals surface area contributed by atoms with E-state index in [0.29, 0.717) is 0 Å². The molecule has 1 heterocycles. The molecule has 0 saturated carbocycles. The van der Waals surface area contributed by atoms with Crippen LogP contribution in [0, 0.1) is 15.9 Å². The van der Waals surface area contributed by atoms with Gasteiger partial charge in [-0.05, 0) is 18.2 Å². The van der Waals surface area contributed by atoms with Crippen LogP contribution in [-0.4, -0.2) is 28.4 Å². The van der Waals surface area contributed by atoms with Crippen molar-refractivity contribution in [1.29, 1.82) is 0 Å². The zero-order chi connectivity index (χ0) is 16.8. The van der Waals surface area contributed by atoms with Gasteiger partial charge in [0.05, 0.1) is 16.2 Å². The third kappa shape index (κ3) is 4.30. The first-order chi connectivity index (χ1) is 11.0. The molecule has 0 aliphatic rings. The summed E-state index contributed by atoms with van der Waals surface area (Å²) in [7, 11) is 0. The highest BCUT2D eigenvalue weighted by atomic mass is 19.1. The quantitative estimate of drug-likeness (QED) is 0.512. The van der Waals surface area contributed by atoms with Crippen molar-refractivity contribution in [3.63, 3.8) is 0 Å². The Morgan fingerprint density at radius 2 is 2.13 bits per heavy atom. The number of carbonyl (C=O) groups is 2. The summed E-state index contributed by atoms with van der Waals surface area (Å²) in [6, 6.07) is 5.67. The van der Waals surface area contributed by atoms with Crippen molar-refractivity contribution in [2.45, 2.75) is 0 Å². The summed E-state index contributed by atoms with van der Waals surface area (Å²) in [5, 5.41) is 12.7. The normalized spacial score (nSPS) is 9.96. The van der Waals surface area contributed by atoms with E-state index in [2.05, 4.69) is 10.3 Å². The maximum atomic E-state index is 13.5. The van der Waals surface area contributed by atoms with Gasteiger partial charge in [0.15, 0.2) is 6.61 Å². The van der Waals surface area contributed by atoms with Crippen molar-refractivity contribution in [3.8, 4) is 0 Å². The van der Waals surface area contributed by atoms with Crippen LogP contribution in [0.5, 0.6) is 0 Å². The molecule has 0 atom stereocenters. The Kier molecular flexibility index (Phi) is 4.92. The molecule has 0 unspecified atom stereocenters. The summed E-state index contributed by atoms with van der Waals surface area (Å²) in [6.07, 6.45) is 2.73. The van der Waals surface area contributed by atoms with Crippen molar-refractivity contribution in [2.75, 3.05) is 11.9 Å². The third-order valence-corrected chi connectivity index (χ3v) is 2.67. The molecule has 118 valence electrons. The van der Waals surface area contributed by atoms with Crippen molar-refractivity contribution in [1.82, 2.24) is 4.98 Å². The molecule has 1 N–H and O–H groups in total. The number of ether oxygens (including phenoxy) is 1. The molecule has 0 bridgehead atoms. The van der Waals surface area contributed by atoms with E-state index in [0.717, 1.165) is 18.2 Å². The van der Waals surface area contributed by atoms with Gasteiger partial charge >= 0.3 is 5.97 Å². The lowest BCUT2D eigenvalue weighted by atomic mass is 10.2. The molecule has 0 spiro atoms. The first-order valence-corrected chi connectivity index (χ1v) is 6.28. The Labute approximate surface area is 129 Å². The topological polar surface area (TPSA) is 111 Å². The maximum Gasteiger partial charge on any atom is 0.340 e. The second kappa shape index (κ2) is 7.07. The van der Waals surface area contributed by atoms with Gasteiger partial charge in [-0.15, -0.1) is 0 Å². The number of rotatable bonds is 5. The summed E-state index contributed by atoms with van der Waals surface area (Å²) in [6.45, 7) is -0.671. The molecule has 1 amide bonds. The highest BCUT2D eigenvalue weighted by molar-refractivity contribution is 5.95. The van der Waals surface area contributed by atoms with E-state index in [1.165, 1.54) is 24.5 Å². The lowest BCUT2D eigenvalue weighted by Gasteiger charge is -2.07. The fourth-order valence-corrected chi connectivity index (χ4v) is 1.61. The van der Waals surface area contributed by atoms with Gasteiger partial charge in [-0.1, -0.05) is 0 Å². The summed E-state index contributed by atoms with van der Waals surface area (Å²) in [5.74, 6) is -2.45. The number of nitro benzene ring substituents is 1. The number of nitrogens with one attached hydrogen (secondary N) is 1. The summed E-state index contributed by atoms with van der Waals surface area (Å²) in [5.41, 5.74) is -0.600. The molecular formula is C14H10FN3O5. The Morgan fingerprint density at radius 3 is 2.78 bits per heavy atom. The molecule has 0 saturated heterocycles. The van der Waals surface area contributed by atoms with Crippen LogP contribution in [0.4, 0.5) is 15.8 Å². The Morgan fingerprint density at radius 1 is 1.35 bits per heavy atom. The SMILES string of the molecule is O=C(COC(=O)c1cccnc1)Nc1cc([N+](=O)[O-])ccc1F. The van der Waals surface area contributed by atoms with Gasteiger partial charge in [0.25, 0.3) is 11.6 Å². The molecule has 0 fully saturated rings. The number of hydrogen-bond donors (Lipinski definition) is 1. The zero-order valence-electron chi connectivity index (χ0n) is 11.6. The maximum absolute atomic E-state index is 13.5. The Hall–Kier alpha value is -3.36. The molecule has 1 aromatic carbocycles. The zero-order valence-corrected chi connectivity index (χ0v) is 11.6. The van der Waals surface area contributed by atoms with Crippen molar-refractivity contribution >= 4 is 23.3 Å². The number of halogens is 1. The van der Waals surface area contributed by atoms with Crippen LogP contribution in [0.3, 0.4) is 0 Å². The molecule has 1 aromatic heterocycles. The van der Waals surface area contributed by atoms with Crippen LogP contribution in [0.15, 0.2) is 42.7 Å². The van der Waals surface area contributed by atoms with Crippen LogP contribution in [0.1, 0.15) is 10.4 Å². The van der Waals surface area contributed by atoms with E-state index in [4.69, 9.17) is 4.74 Å². The highest BCUT2D eigenvalue weighted by Crippen LogP contribution is 2.21. The van der Waals surface area contributed by atoms with Gasteiger partial charge in [0.2, 0.25) is 0 Å². The van der Waals surface area contributed by atoms with Crippen molar-refractivity contribution in [2.24, 2.45) is 0 Å². The van der Waals surface area contributed by atoms with Gasteiger partial charge < -0.3 is 10.1 Å². The third-order valence-electron chi connectivity index (χ3n) is 2.67. The van der Waals surface area contributed by atoms with E-state index in [-0.39, 0.29) is 16.9 Å². The van der Waals surface area contributed by atoms with E-state index < -0.39 is 29.2 Å². The first-order valence-electron chi connectivity index (χ1n) is 6.28. The molecule has 2 aromatic rings. The lowest BCUT2D eigenvalue weighted by molar-refractivity contribution is -0.384. The summed E-state index contributed by atoms with van der Waals surface area (Å²) >= 11 is 0. The second-order valence-electron chi connectivity index (χ2n) is 4.29. The van der Waals surface area contributed by atoms with Crippen molar-refractivity contribution < 1.29 is 23.6 Å². The molecule has 0 radical (unpaired) electrons. The fourth-order valence-electron chi connectivity index (χ4n) is 1.61. The summed E-state index contributed by atoms with van der Waals surface area (Å²) in [4.78, 5) is 36.9. The minimum atomic E-state index is -0.845. The van der Waals surface area contributed by atoms with Gasteiger partial charge in [0.1, 0.15) is 5.82 Å². The van der Waals surface area contributed by atoms with Gasteiger partial charge in [-0.25, -0.2) is 9.18 Å².